The van der Waals surface area contributed by atoms with E-state index in [-0.39, 0.29) is 0 Å². The summed E-state index contributed by atoms with van der Waals surface area (Å²) in [5.41, 5.74) is 2.48. The molecule has 0 bridgehead atoms. The molecule has 0 heterocycles. The highest BCUT2D eigenvalue weighted by Crippen LogP contribution is 2.22. The van der Waals surface area contributed by atoms with E-state index in [2.05, 4.69) is 67.5 Å². The van der Waals surface area contributed by atoms with Gasteiger partial charge >= 0.3 is 10.4 Å². The van der Waals surface area contributed by atoms with E-state index in [0.29, 0.717) is 0 Å². The molecule has 0 atom stereocenters. The van der Waals surface area contributed by atoms with Crippen molar-refractivity contribution in [2.75, 3.05) is 27.2 Å². The number of hydrogen-bond acceptors (Lipinski definition) is 4. The van der Waals surface area contributed by atoms with Gasteiger partial charge in [-0.15, -0.1) is 0 Å². The van der Waals surface area contributed by atoms with Crippen molar-refractivity contribution in [3.8, 4) is 16.9 Å². The minimum absolute atomic E-state index is 0.818. The van der Waals surface area contributed by atoms with E-state index in [9.17, 15) is 0 Å². The molecule has 0 spiro atoms. The van der Waals surface area contributed by atoms with Crippen molar-refractivity contribution < 1.29 is 22.3 Å². The second kappa shape index (κ2) is 13.3. The monoisotopic (exact) mass is 409 g/mol. The second-order valence-corrected chi connectivity index (χ2v) is 7.65. The van der Waals surface area contributed by atoms with Gasteiger partial charge in [0.2, 0.25) is 0 Å². The van der Waals surface area contributed by atoms with Crippen LogP contribution >= 0.6 is 0 Å². The molecule has 0 amide bonds. The van der Waals surface area contributed by atoms with Gasteiger partial charge in [-0.05, 0) is 56.7 Å². The highest BCUT2D eigenvalue weighted by Gasteiger charge is 1.98. The van der Waals surface area contributed by atoms with Crippen LogP contribution in [0.15, 0.2) is 54.6 Å². The third-order valence-electron chi connectivity index (χ3n) is 3.98. The first-order valence-corrected chi connectivity index (χ1v) is 10.8. The number of unbranched alkanes of at least 4 members (excludes halogenated alkanes) is 4. The van der Waals surface area contributed by atoms with Crippen LogP contribution in [0, 0.1) is 0 Å². The molecule has 156 valence electrons. The molecule has 0 radical (unpaired) electrons. The Morgan fingerprint density at radius 2 is 1.29 bits per heavy atom. The standard InChI is InChI=1S/C21H29NO.H2O4S/c1-22(2)17-9-4-3-5-10-18-23-21-15-13-20(14-16-21)19-11-7-6-8-12-19;1-5(2,3)4/h6-8,11-16H,3-5,9-10,17-18H2,1-2H3;(H2,1,2,3,4). The predicted molar refractivity (Wildman–Crippen MR) is 113 cm³/mol. The maximum absolute atomic E-state index is 8.74. The van der Waals surface area contributed by atoms with Crippen molar-refractivity contribution in [1.82, 2.24) is 4.90 Å². The summed E-state index contributed by atoms with van der Waals surface area (Å²) in [5.74, 6) is 0.970. The number of nitrogens with zero attached hydrogens (tertiary/aromatic N) is 1. The molecule has 0 aliphatic carbocycles. The quantitative estimate of drug-likeness (QED) is 0.441. The number of rotatable bonds is 10. The van der Waals surface area contributed by atoms with Crippen LogP contribution in [-0.4, -0.2) is 49.7 Å². The average molecular weight is 410 g/mol. The van der Waals surface area contributed by atoms with Crippen molar-refractivity contribution in [2.24, 2.45) is 0 Å². The predicted octanol–water partition coefficient (Wildman–Crippen LogP) is 4.59. The second-order valence-electron chi connectivity index (χ2n) is 6.76. The largest absolute Gasteiger partial charge is 0.494 e. The summed E-state index contributed by atoms with van der Waals surface area (Å²) in [6.45, 7) is 2.02. The first kappa shape index (κ1) is 24.1. The Morgan fingerprint density at radius 3 is 1.86 bits per heavy atom. The summed E-state index contributed by atoms with van der Waals surface area (Å²) in [6, 6.07) is 18.8. The lowest BCUT2D eigenvalue weighted by atomic mass is 10.1. The van der Waals surface area contributed by atoms with E-state index in [4.69, 9.17) is 22.3 Å². The zero-order chi connectivity index (χ0) is 20.8. The minimum atomic E-state index is -4.67. The topological polar surface area (TPSA) is 87.1 Å². The molecule has 6 nitrogen and oxygen atoms in total. The third kappa shape index (κ3) is 13.3. The molecular weight excluding hydrogens is 378 g/mol. The van der Waals surface area contributed by atoms with Gasteiger partial charge in [0.1, 0.15) is 5.75 Å². The Hall–Kier alpha value is -1.93. The normalized spacial score (nSPS) is 11.0. The van der Waals surface area contributed by atoms with Gasteiger partial charge in [0.15, 0.2) is 0 Å². The van der Waals surface area contributed by atoms with E-state index in [0.717, 1.165) is 18.8 Å². The highest BCUT2D eigenvalue weighted by molar-refractivity contribution is 7.79. The van der Waals surface area contributed by atoms with Gasteiger partial charge in [0.05, 0.1) is 6.61 Å². The van der Waals surface area contributed by atoms with Gasteiger partial charge in [-0.2, -0.15) is 8.42 Å². The number of hydrogen-bond donors (Lipinski definition) is 2. The van der Waals surface area contributed by atoms with Crippen molar-refractivity contribution in [3.63, 3.8) is 0 Å². The van der Waals surface area contributed by atoms with Crippen LogP contribution in [0.25, 0.3) is 11.1 Å². The van der Waals surface area contributed by atoms with Crippen LogP contribution in [-0.2, 0) is 10.4 Å². The van der Waals surface area contributed by atoms with Gasteiger partial charge in [0.25, 0.3) is 0 Å². The maximum atomic E-state index is 8.74. The molecule has 0 saturated heterocycles. The Morgan fingerprint density at radius 1 is 0.786 bits per heavy atom. The Balaban J connectivity index is 0.000000696. The molecule has 2 rings (SSSR count). The lowest BCUT2D eigenvalue weighted by Crippen LogP contribution is -2.12. The van der Waals surface area contributed by atoms with E-state index in [1.165, 1.54) is 43.4 Å². The Bertz CT molecular complexity index is 738. The lowest BCUT2D eigenvalue weighted by molar-refractivity contribution is 0.303. The summed E-state index contributed by atoms with van der Waals surface area (Å²) in [5, 5.41) is 0. The number of ether oxygens (including phenoxy) is 1. The molecule has 0 fully saturated rings. The van der Waals surface area contributed by atoms with Crippen LogP contribution in [0.1, 0.15) is 32.1 Å². The van der Waals surface area contributed by atoms with Crippen LogP contribution in [0.4, 0.5) is 0 Å². The summed E-state index contributed by atoms with van der Waals surface area (Å²) in [4.78, 5) is 2.25. The third-order valence-corrected chi connectivity index (χ3v) is 3.98. The zero-order valence-electron chi connectivity index (χ0n) is 16.6. The lowest BCUT2D eigenvalue weighted by Gasteiger charge is -2.09. The fourth-order valence-corrected chi connectivity index (χ4v) is 2.62. The molecule has 28 heavy (non-hydrogen) atoms. The van der Waals surface area contributed by atoms with Gasteiger partial charge in [-0.1, -0.05) is 61.7 Å². The maximum Gasteiger partial charge on any atom is 0.394 e. The molecule has 0 unspecified atom stereocenters. The van der Waals surface area contributed by atoms with Crippen LogP contribution in [0.2, 0.25) is 0 Å². The summed E-state index contributed by atoms with van der Waals surface area (Å²) >= 11 is 0. The molecule has 2 N–H and O–H groups in total. The van der Waals surface area contributed by atoms with Crippen LogP contribution < -0.4 is 4.74 Å². The fourth-order valence-electron chi connectivity index (χ4n) is 2.62. The average Bonchev–Trinajstić information content (AvgIpc) is 2.63. The first-order valence-electron chi connectivity index (χ1n) is 9.38. The summed E-state index contributed by atoms with van der Waals surface area (Å²) in [7, 11) is -0.395. The van der Waals surface area contributed by atoms with E-state index in [1.807, 2.05) is 6.07 Å². The fraction of sp³-hybridized carbons (Fsp3) is 0.429. The molecule has 0 aliphatic rings. The van der Waals surface area contributed by atoms with E-state index in [1.54, 1.807) is 0 Å². The SMILES string of the molecule is CN(C)CCCCCCCOc1ccc(-c2ccccc2)cc1.O=S(=O)(O)O. The van der Waals surface area contributed by atoms with Crippen LogP contribution in [0.5, 0.6) is 5.75 Å². The van der Waals surface area contributed by atoms with Crippen molar-refractivity contribution in [1.29, 1.82) is 0 Å². The van der Waals surface area contributed by atoms with Gasteiger partial charge in [-0.25, -0.2) is 0 Å². The molecule has 7 heteroatoms. The van der Waals surface area contributed by atoms with Crippen molar-refractivity contribution in [3.05, 3.63) is 54.6 Å². The molecule has 2 aromatic rings. The first-order chi connectivity index (χ1) is 13.3. The van der Waals surface area contributed by atoms with Crippen molar-refractivity contribution in [2.45, 2.75) is 32.1 Å². The van der Waals surface area contributed by atoms with Gasteiger partial charge < -0.3 is 9.64 Å². The summed E-state index contributed by atoms with van der Waals surface area (Å²) in [6.07, 6.45) is 6.33. The van der Waals surface area contributed by atoms with Gasteiger partial charge in [-0.3, -0.25) is 9.11 Å². The Labute approximate surface area is 168 Å². The van der Waals surface area contributed by atoms with Crippen molar-refractivity contribution >= 4 is 10.4 Å². The van der Waals surface area contributed by atoms with Gasteiger partial charge in [0, 0.05) is 0 Å². The molecule has 0 saturated carbocycles. The molecular formula is C21H31NO5S. The zero-order valence-corrected chi connectivity index (χ0v) is 17.4. The van der Waals surface area contributed by atoms with E-state index < -0.39 is 10.4 Å². The van der Waals surface area contributed by atoms with E-state index >= 15 is 0 Å². The minimum Gasteiger partial charge on any atom is -0.494 e. The molecule has 0 aliphatic heterocycles. The highest BCUT2D eigenvalue weighted by atomic mass is 32.3. The number of benzene rings is 2. The molecule has 0 aromatic heterocycles. The Kier molecular flexibility index (Phi) is 11.4. The molecule has 2 aromatic carbocycles. The summed E-state index contributed by atoms with van der Waals surface area (Å²) < 4.78 is 37.4. The van der Waals surface area contributed by atoms with Crippen LogP contribution in [0.3, 0.4) is 0 Å². The smallest absolute Gasteiger partial charge is 0.394 e.